The van der Waals surface area contributed by atoms with Crippen LogP contribution in [0.5, 0.6) is 11.5 Å². The predicted octanol–water partition coefficient (Wildman–Crippen LogP) is 4.07. The molecule has 17 heavy (non-hydrogen) atoms. The van der Waals surface area contributed by atoms with Gasteiger partial charge in [-0.05, 0) is 25.1 Å². The Labute approximate surface area is 109 Å². The van der Waals surface area contributed by atoms with Gasteiger partial charge in [0.25, 0.3) is 0 Å². The number of benzene rings is 1. The molecule has 0 amide bonds. The molecular weight excluding hydrogens is 259 g/mol. The summed E-state index contributed by atoms with van der Waals surface area (Å²) in [6.45, 7) is 1.90. The van der Waals surface area contributed by atoms with E-state index in [0.717, 1.165) is 5.69 Å². The Kier molecular flexibility index (Phi) is 3.41. The number of hydrogen-bond acceptors (Lipinski definition) is 3. The van der Waals surface area contributed by atoms with Crippen LogP contribution < -0.4 is 10.5 Å². The number of aromatic nitrogens is 1. The van der Waals surface area contributed by atoms with Gasteiger partial charge in [-0.25, -0.2) is 0 Å². The Hall–Kier alpha value is -1.45. The van der Waals surface area contributed by atoms with E-state index in [1.54, 1.807) is 18.3 Å². The van der Waals surface area contributed by atoms with Crippen LogP contribution in [0.1, 0.15) is 5.69 Å². The molecule has 0 unspecified atom stereocenters. The second-order valence-electron chi connectivity index (χ2n) is 3.54. The number of ether oxygens (including phenoxy) is 1. The van der Waals surface area contributed by atoms with Crippen LogP contribution in [0, 0.1) is 6.92 Å². The third-order valence-corrected chi connectivity index (χ3v) is 2.89. The molecule has 5 heteroatoms. The lowest BCUT2D eigenvalue weighted by atomic mass is 10.3. The van der Waals surface area contributed by atoms with Crippen LogP contribution >= 0.6 is 23.2 Å². The van der Waals surface area contributed by atoms with Crippen molar-refractivity contribution < 1.29 is 4.74 Å². The van der Waals surface area contributed by atoms with Crippen molar-refractivity contribution in [1.82, 2.24) is 4.98 Å². The van der Waals surface area contributed by atoms with Gasteiger partial charge in [0.15, 0.2) is 5.75 Å². The van der Waals surface area contributed by atoms with Gasteiger partial charge in [-0.3, -0.25) is 4.98 Å². The van der Waals surface area contributed by atoms with Crippen LogP contribution in [-0.4, -0.2) is 4.98 Å². The summed E-state index contributed by atoms with van der Waals surface area (Å²) in [7, 11) is 0. The number of halogens is 2. The van der Waals surface area contributed by atoms with Crippen LogP contribution in [0.15, 0.2) is 30.5 Å². The van der Waals surface area contributed by atoms with Crippen LogP contribution in [0.2, 0.25) is 10.0 Å². The van der Waals surface area contributed by atoms with E-state index in [0.29, 0.717) is 27.2 Å². The van der Waals surface area contributed by atoms with Crippen LogP contribution in [-0.2, 0) is 0 Å². The molecule has 1 aromatic heterocycles. The van der Waals surface area contributed by atoms with Gasteiger partial charge >= 0.3 is 0 Å². The van der Waals surface area contributed by atoms with Gasteiger partial charge in [0, 0.05) is 11.8 Å². The fourth-order valence-corrected chi connectivity index (χ4v) is 1.60. The minimum atomic E-state index is 0.399. The molecule has 0 spiro atoms. The molecule has 88 valence electrons. The first kappa shape index (κ1) is 12.0. The van der Waals surface area contributed by atoms with E-state index in [1.807, 2.05) is 19.1 Å². The summed E-state index contributed by atoms with van der Waals surface area (Å²) in [6.07, 6.45) is 1.62. The van der Waals surface area contributed by atoms with Gasteiger partial charge in [0.1, 0.15) is 5.75 Å². The highest BCUT2D eigenvalue weighted by Gasteiger charge is 2.07. The molecule has 2 rings (SSSR count). The second kappa shape index (κ2) is 4.82. The van der Waals surface area contributed by atoms with E-state index >= 15 is 0 Å². The van der Waals surface area contributed by atoms with E-state index in [1.165, 1.54) is 0 Å². The highest BCUT2D eigenvalue weighted by atomic mass is 35.5. The molecular formula is C12H10Cl2N2O. The lowest BCUT2D eigenvalue weighted by molar-refractivity contribution is 0.482. The summed E-state index contributed by atoms with van der Waals surface area (Å²) >= 11 is 11.7. The molecule has 2 aromatic rings. The SMILES string of the molecule is Cc1ccc(Oc2cc(Cl)c(Cl)cc2N)cn1. The number of nitrogens with zero attached hydrogens (tertiary/aromatic N) is 1. The van der Waals surface area contributed by atoms with Crippen molar-refractivity contribution in [2.45, 2.75) is 6.92 Å². The standard InChI is InChI=1S/C12H10Cl2N2O/c1-7-2-3-8(6-16-7)17-12-5-10(14)9(13)4-11(12)15/h2-6H,15H2,1H3. The summed E-state index contributed by atoms with van der Waals surface area (Å²) in [5, 5.41) is 0.800. The van der Waals surface area contributed by atoms with Crippen LogP contribution in [0.4, 0.5) is 5.69 Å². The number of aryl methyl sites for hydroxylation is 1. The van der Waals surface area contributed by atoms with Crippen molar-refractivity contribution in [2.75, 3.05) is 5.73 Å². The van der Waals surface area contributed by atoms with Crippen molar-refractivity contribution in [1.29, 1.82) is 0 Å². The molecule has 1 aromatic carbocycles. The van der Waals surface area contributed by atoms with E-state index in [4.69, 9.17) is 33.7 Å². The molecule has 3 nitrogen and oxygen atoms in total. The maximum absolute atomic E-state index is 5.89. The normalized spacial score (nSPS) is 10.3. The van der Waals surface area contributed by atoms with Crippen LogP contribution in [0.3, 0.4) is 0 Å². The molecule has 0 saturated heterocycles. The zero-order chi connectivity index (χ0) is 12.4. The average molecular weight is 269 g/mol. The number of nitrogens with two attached hydrogens (primary N) is 1. The Balaban J connectivity index is 2.30. The van der Waals surface area contributed by atoms with E-state index < -0.39 is 0 Å². The Morgan fingerprint density at radius 2 is 1.88 bits per heavy atom. The van der Waals surface area contributed by atoms with Crippen molar-refractivity contribution in [2.24, 2.45) is 0 Å². The van der Waals surface area contributed by atoms with Crippen LogP contribution in [0.25, 0.3) is 0 Å². The summed E-state index contributed by atoms with van der Waals surface area (Å²) in [5.41, 5.74) is 7.13. The average Bonchev–Trinajstić information content (AvgIpc) is 2.29. The molecule has 0 aliphatic carbocycles. The van der Waals surface area contributed by atoms with Gasteiger partial charge in [-0.1, -0.05) is 23.2 Å². The zero-order valence-electron chi connectivity index (χ0n) is 9.08. The van der Waals surface area contributed by atoms with Crippen molar-refractivity contribution >= 4 is 28.9 Å². The molecule has 1 heterocycles. The molecule has 0 radical (unpaired) electrons. The molecule has 0 saturated carbocycles. The monoisotopic (exact) mass is 268 g/mol. The van der Waals surface area contributed by atoms with Gasteiger partial charge in [0.2, 0.25) is 0 Å². The molecule has 0 aliphatic rings. The Morgan fingerprint density at radius 3 is 2.53 bits per heavy atom. The zero-order valence-corrected chi connectivity index (χ0v) is 10.6. The number of pyridine rings is 1. The first-order valence-corrected chi connectivity index (χ1v) is 5.67. The van der Waals surface area contributed by atoms with E-state index in [9.17, 15) is 0 Å². The lowest BCUT2D eigenvalue weighted by Crippen LogP contribution is -1.93. The number of anilines is 1. The fourth-order valence-electron chi connectivity index (χ4n) is 1.27. The summed E-state index contributed by atoms with van der Waals surface area (Å²) in [4.78, 5) is 4.12. The summed E-state index contributed by atoms with van der Waals surface area (Å²) < 4.78 is 5.57. The smallest absolute Gasteiger partial charge is 0.151 e. The molecule has 0 bridgehead atoms. The van der Waals surface area contributed by atoms with E-state index in [2.05, 4.69) is 4.98 Å². The lowest BCUT2D eigenvalue weighted by Gasteiger charge is -2.09. The maximum atomic E-state index is 5.89. The molecule has 0 atom stereocenters. The number of rotatable bonds is 2. The topological polar surface area (TPSA) is 48.1 Å². The summed E-state index contributed by atoms with van der Waals surface area (Å²) in [5.74, 6) is 1.06. The first-order valence-electron chi connectivity index (χ1n) is 4.91. The third kappa shape index (κ3) is 2.81. The van der Waals surface area contributed by atoms with Gasteiger partial charge in [0.05, 0.1) is 21.9 Å². The highest BCUT2D eigenvalue weighted by Crippen LogP contribution is 2.34. The second-order valence-corrected chi connectivity index (χ2v) is 4.36. The largest absolute Gasteiger partial charge is 0.454 e. The minimum Gasteiger partial charge on any atom is -0.454 e. The van der Waals surface area contributed by atoms with Gasteiger partial charge < -0.3 is 10.5 Å². The molecule has 0 aliphatic heterocycles. The molecule has 0 fully saturated rings. The maximum Gasteiger partial charge on any atom is 0.151 e. The van der Waals surface area contributed by atoms with Crippen molar-refractivity contribution in [3.05, 3.63) is 46.2 Å². The van der Waals surface area contributed by atoms with Crippen molar-refractivity contribution in [3.8, 4) is 11.5 Å². The quantitative estimate of drug-likeness (QED) is 0.836. The van der Waals surface area contributed by atoms with Gasteiger partial charge in [-0.15, -0.1) is 0 Å². The molecule has 2 N–H and O–H groups in total. The predicted molar refractivity (Wildman–Crippen MR) is 69.9 cm³/mol. The number of hydrogen-bond donors (Lipinski definition) is 1. The third-order valence-electron chi connectivity index (χ3n) is 2.16. The minimum absolute atomic E-state index is 0.399. The summed E-state index contributed by atoms with van der Waals surface area (Å²) in [6, 6.07) is 6.80. The van der Waals surface area contributed by atoms with E-state index in [-0.39, 0.29) is 0 Å². The first-order chi connectivity index (χ1) is 8.06. The fraction of sp³-hybridized carbons (Fsp3) is 0.0833. The number of nitrogen functional groups attached to an aromatic ring is 1. The highest BCUT2D eigenvalue weighted by molar-refractivity contribution is 6.42. The van der Waals surface area contributed by atoms with Crippen molar-refractivity contribution in [3.63, 3.8) is 0 Å². The Bertz CT molecular complexity index is 541. The Morgan fingerprint density at radius 1 is 1.18 bits per heavy atom. The van der Waals surface area contributed by atoms with Gasteiger partial charge in [-0.2, -0.15) is 0 Å².